The molecular formula is C14H19N3O4. The summed E-state index contributed by atoms with van der Waals surface area (Å²) in [6.07, 6.45) is -1.90. The smallest absolute Gasteiger partial charge is 0.415 e. The Morgan fingerprint density at radius 2 is 1.71 bits per heavy atom. The molecule has 1 amide bonds. The first-order valence-electron chi connectivity index (χ1n) is 6.42. The molecule has 0 fully saturated rings. The Hall–Kier alpha value is -2.57. The van der Waals surface area contributed by atoms with Crippen molar-refractivity contribution in [1.82, 2.24) is 5.32 Å². The van der Waals surface area contributed by atoms with E-state index in [0.717, 1.165) is 0 Å². The lowest BCUT2D eigenvalue weighted by molar-refractivity contribution is -0.168. The molecule has 0 aliphatic heterocycles. The predicted molar refractivity (Wildman–Crippen MR) is 77.7 cm³/mol. The first-order valence-corrected chi connectivity index (χ1v) is 6.42. The topological polar surface area (TPSA) is 114 Å². The maximum absolute atomic E-state index is 11.6. The molecule has 7 heteroatoms. The zero-order valence-electron chi connectivity index (χ0n) is 12.2. The molecule has 114 valence electrons. The summed E-state index contributed by atoms with van der Waals surface area (Å²) in [6, 6.07) is 6.42. The van der Waals surface area contributed by atoms with Crippen molar-refractivity contribution in [2.45, 2.75) is 27.1 Å². The summed E-state index contributed by atoms with van der Waals surface area (Å²) in [5.74, 6) is -0.918. The van der Waals surface area contributed by atoms with Crippen LogP contribution in [0.25, 0.3) is 0 Å². The monoisotopic (exact) mass is 293 g/mol. The van der Waals surface area contributed by atoms with Crippen LogP contribution in [0.15, 0.2) is 24.3 Å². The first kappa shape index (κ1) is 16.5. The highest BCUT2D eigenvalue weighted by molar-refractivity contribution is 6.04. The highest BCUT2D eigenvalue weighted by atomic mass is 16.7. The summed E-state index contributed by atoms with van der Waals surface area (Å²) >= 11 is 0. The van der Waals surface area contributed by atoms with Gasteiger partial charge < -0.3 is 15.2 Å². The molecule has 0 aliphatic carbocycles. The van der Waals surface area contributed by atoms with E-state index in [1.807, 2.05) is 0 Å². The van der Waals surface area contributed by atoms with E-state index in [0.29, 0.717) is 11.3 Å². The minimum absolute atomic E-state index is 0.137. The van der Waals surface area contributed by atoms with Crippen LogP contribution in [0.1, 0.15) is 26.3 Å². The van der Waals surface area contributed by atoms with E-state index in [2.05, 4.69) is 5.32 Å². The zero-order valence-corrected chi connectivity index (χ0v) is 12.2. The van der Waals surface area contributed by atoms with Crippen molar-refractivity contribution in [3.05, 3.63) is 29.8 Å². The van der Waals surface area contributed by atoms with Crippen LogP contribution in [0.4, 0.5) is 10.5 Å². The molecule has 0 heterocycles. The lowest BCUT2D eigenvalue weighted by Crippen LogP contribution is -2.35. The standard InChI is InChI=1S/C14H19N3O4/c1-8(2)13(18)20-9(3)21-14(19)17-12(16)10-4-6-11(15)7-5-10/h4-9H,15H2,1-3H3,(H2,16,17,19). The molecule has 21 heavy (non-hydrogen) atoms. The average Bonchev–Trinajstić information content (AvgIpc) is 2.38. The summed E-state index contributed by atoms with van der Waals surface area (Å²) in [6.45, 7) is 4.77. The third-order valence-corrected chi connectivity index (χ3v) is 2.45. The number of hydrogen-bond donors (Lipinski definition) is 3. The van der Waals surface area contributed by atoms with Gasteiger partial charge in [0, 0.05) is 18.2 Å². The Kier molecular flexibility index (Phi) is 5.71. The van der Waals surface area contributed by atoms with E-state index in [1.54, 1.807) is 38.1 Å². The number of ether oxygens (including phenoxy) is 2. The number of amidine groups is 1. The van der Waals surface area contributed by atoms with Gasteiger partial charge in [0.1, 0.15) is 5.84 Å². The normalized spacial score (nSPS) is 11.6. The van der Waals surface area contributed by atoms with Gasteiger partial charge in [0.25, 0.3) is 0 Å². The van der Waals surface area contributed by atoms with Crippen molar-refractivity contribution in [3.8, 4) is 0 Å². The molecule has 1 aromatic carbocycles. The summed E-state index contributed by atoms with van der Waals surface area (Å²) in [5.41, 5.74) is 6.57. The lowest BCUT2D eigenvalue weighted by atomic mass is 10.2. The Morgan fingerprint density at radius 1 is 1.14 bits per heavy atom. The van der Waals surface area contributed by atoms with E-state index in [1.165, 1.54) is 6.92 Å². The summed E-state index contributed by atoms with van der Waals surface area (Å²) in [7, 11) is 0. The number of rotatable bonds is 4. The Labute approximate surface area is 122 Å². The number of carbonyl (C=O) groups is 2. The fourth-order valence-electron chi connectivity index (χ4n) is 1.33. The van der Waals surface area contributed by atoms with E-state index in [-0.39, 0.29) is 11.8 Å². The van der Waals surface area contributed by atoms with Gasteiger partial charge in [-0.25, -0.2) is 4.79 Å². The van der Waals surface area contributed by atoms with Crippen LogP contribution in [0, 0.1) is 11.3 Å². The molecule has 0 aromatic heterocycles. The Bertz CT molecular complexity index is 526. The van der Waals surface area contributed by atoms with Gasteiger partial charge in [-0.05, 0) is 24.3 Å². The molecule has 0 bridgehead atoms. The van der Waals surface area contributed by atoms with Gasteiger partial charge in [0.2, 0.25) is 6.29 Å². The number of nitrogens with one attached hydrogen (secondary N) is 2. The van der Waals surface area contributed by atoms with Crippen LogP contribution in [0.5, 0.6) is 0 Å². The molecule has 1 unspecified atom stereocenters. The van der Waals surface area contributed by atoms with Crippen molar-refractivity contribution in [2.75, 3.05) is 5.73 Å². The molecule has 0 aliphatic rings. The lowest BCUT2D eigenvalue weighted by Gasteiger charge is -2.16. The van der Waals surface area contributed by atoms with Crippen molar-refractivity contribution in [3.63, 3.8) is 0 Å². The summed E-state index contributed by atoms with van der Waals surface area (Å²) in [4.78, 5) is 22.9. The number of benzene rings is 1. The maximum Gasteiger partial charge on any atom is 0.415 e. The highest BCUT2D eigenvalue weighted by Crippen LogP contribution is 2.06. The molecule has 1 rings (SSSR count). The molecule has 0 saturated carbocycles. The molecule has 0 spiro atoms. The second kappa shape index (κ2) is 7.28. The SMILES string of the molecule is CC(OC(=O)NC(=N)c1ccc(N)cc1)OC(=O)C(C)C. The van der Waals surface area contributed by atoms with Crippen LogP contribution in [0.2, 0.25) is 0 Å². The van der Waals surface area contributed by atoms with Crippen LogP contribution in [-0.2, 0) is 14.3 Å². The van der Waals surface area contributed by atoms with Gasteiger partial charge in [-0.3, -0.25) is 15.5 Å². The largest absolute Gasteiger partial charge is 0.425 e. The Balaban J connectivity index is 2.48. The van der Waals surface area contributed by atoms with Crippen molar-refractivity contribution >= 4 is 23.6 Å². The van der Waals surface area contributed by atoms with Crippen molar-refractivity contribution < 1.29 is 19.1 Å². The molecule has 0 saturated heterocycles. The summed E-state index contributed by atoms with van der Waals surface area (Å²) < 4.78 is 9.70. The summed E-state index contributed by atoms with van der Waals surface area (Å²) in [5, 5.41) is 9.96. The van der Waals surface area contributed by atoms with Crippen molar-refractivity contribution in [2.24, 2.45) is 5.92 Å². The van der Waals surface area contributed by atoms with Crippen molar-refractivity contribution in [1.29, 1.82) is 5.41 Å². The van der Waals surface area contributed by atoms with Crippen LogP contribution in [-0.4, -0.2) is 24.2 Å². The minimum Gasteiger partial charge on any atom is -0.425 e. The number of esters is 1. The van der Waals surface area contributed by atoms with E-state index in [4.69, 9.17) is 20.6 Å². The van der Waals surface area contributed by atoms with E-state index < -0.39 is 18.4 Å². The van der Waals surface area contributed by atoms with Crippen LogP contribution < -0.4 is 11.1 Å². The number of hydrogen-bond acceptors (Lipinski definition) is 6. The number of alkyl carbamates (subject to hydrolysis) is 1. The van der Waals surface area contributed by atoms with Gasteiger partial charge >= 0.3 is 12.1 Å². The van der Waals surface area contributed by atoms with Gasteiger partial charge in [0.15, 0.2) is 0 Å². The zero-order chi connectivity index (χ0) is 16.0. The fraction of sp³-hybridized carbons (Fsp3) is 0.357. The number of nitrogens with two attached hydrogens (primary N) is 1. The second-order valence-corrected chi connectivity index (χ2v) is 4.69. The Morgan fingerprint density at radius 3 is 2.24 bits per heavy atom. The molecule has 1 aromatic rings. The number of anilines is 1. The third kappa shape index (κ3) is 5.52. The number of amides is 1. The van der Waals surface area contributed by atoms with Gasteiger partial charge in [-0.2, -0.15) is 0 Å². The van der Waals surface area contributed by atoms with Gasteiger partial charge in [0.05, 0.1) is 5.92 Å². The fourth-order valence-corrected chi connectivity index (χ4v) is 1.33. The van der Waals surface area contributed by atoms with Crippen LogP contribution in [0.3, 0.4) is 0 Å². The van der Waals surface area contributed by atoms with Crippen LogP contribution >= 0.6 is 0 Å². The van der Waals surface area contributed by atoms with Gasteiger partial charge in [-0.1, -0.05) is 13.8 Å². The molecule has 0 radical (unpaired) electrons. The maximum atomic E-state index is 11.6. The molecular weight excluding hydrogens is 274 g/mol. The van der Waals surface area contributed by atoms with E-state index >= 15 is 0 Å². The average molecular weight is 293 g/mol. The molecule has 7 nitrogen and oxygen atoms in total. The molecule has 4 N–H and O–H groups in total. The second-order valence-electron chi connectivity index (χ2n) is 4.69. The van der Waals surface area contributed by atoms with Gasteiger partial charge in [-0.15, -0.1) is 0 Å². The minimum atomic E-state index is -1.03. The quantitative estimate of drug-likeness (QED) is 0.258. The predicted octanol–water partition coefficient (Wildman–Crippen LogP) is 1.87. The number of carbonyl (C=O) groups excluding carboxylic acids is 2. The number of nitrogen functional groups attached to an aromatic ring is 1. The third-order valence-electron chi connectivity index (χ3n) is 2.45. The van der Waals surface area contributed by atoms with E-state index in [9.17, 15) is 9.59 Å². The molecule has 1 atom stereocenters. The highest BCUT2D eigenvalue weighted by Gasteiger charge is 2.17. The first-order chi connectivity index (χ1) is 9.79.